The Balaban J connectivity index is 1.54. The molecule has 11 heteroatoms. The minimum atomic E-state index is -1.15. The minimum absolute atomic E-state index is 0.0738. The van der Waals surface area contributed by atoms with Gasteiger partial charge in [0.15, 0.2) is 6.23 Å². The van der Waals surface area contributed by atoms with E-state index in [1.165, 1.54) is 24.8 Å². The van der Waals surface area contributed by atoms with Crippen molar-refractivity contribution in [3.8, 4) is 11.5 Å². The maximum Gasteiger partial charge on any atom is 0.351 e. The largest absolute Gasteiger partial charge is 0.497 e. The Bertz CT molecular complexity index is 1610. The SMILES string of the molecule is COc1ccc(C(OC[C@H]2O[C@@H](n3cc(C)c(NC(C)=O)nc3=O)[C@H](OC)[C@@H]2O)(c2ccccc2)c2ccc(OC)cc2)cc1. The molecule has 0 radical (unpaired) electrons. The number of methoxy groups -OCH3 is 3. The number of carbonyl (C=O) groups excluding carboxylic acids is 1. The number of aryl methyl sites for hydroxylation is 1. The van der Waals surface area contributed by atoms with Crippen molar-refractivity contribution in [2.24, 2.45) is 0 Å². The van der Waals surface area contributed by atoms with Gasteiger partial charge < -0.3 is 34.1 Å². The number of aliphatic hydroxyl groups excluding tert-OH is 1. The monoisotopic (exact) mass is 615 g/mol. The summed E-state index contributed by atoms with van der Waals surface area (Å²) in [5.41, 5.74) is 1.21. The molecule has 0 bridgehead atoms. The average Bonchev–Trinajstić information content (AvgIpc) is 3.38. The average molecular weight is 616 g/mol. The molecule has 0 saturated carbocycles. The zero-order valence-electron chi connectivity index (χ0n) is 25.8. The summed E-state index contributed by atoms with van der Waals surface area (Å²) in [6.07, 6.45) is -2.42. The lowest BCUT2D eigenvalue weighted by Gasteiger charge is -2.37. The van der Waals surface area contributed by atoms with Crippen LogP contribution >= 0.6 is 0 Å². The van der Waals surface area contributed by atoms with Gasteiger partial charge in [-0.15, -0.1) is 0 Å². The smallest absolute Gasteiger partial charge is 0.351 e. The van der Waals surface area contributed by atoms with Crippen molar-refractivity contribution in [1.29, 1.82) is 0 Å². The van der Waals surface area contributed by atoms with Crippen molar-refractivity contribution in [3.63, 3.8) is 0 Å². The van der Waals surface area contributed by atoms with Gasteiger partial charge in [0.05, 0.1) is 20.8 Å². The van der Waals surface area contributed by atoms with Crippen molar-refractivity contribution in [2.45, 2.75) is 44.0 Å². The van der Waals surface area contributed by atoms with E-state index in [9.17, 15) is 14.7 Å². The normalized spacial score (nSPS) is 19.7. The van der Waals surface area contributed by atoms with Crippen LogP contribution in [0.25, 0.3) is 0 Å². The molecule has 5 rings (SSSR count). The second-order valence-electron chi connectivity index (χ2n) is 10.7. The van der Waals surface area contributed by atoms with Gasteiger partial charge in [0.2, 0.25) is 5.91 Å². The second-order valence-corrected chi connectivity index (χ2v) is 10.7. The third-order valence-corrected chi connectivity index (χ3v) is 7.93. The van der Waals surface area contributed by atoms with E-state index in [2.05, 4.69) is 10.3 Å². The molecule has 0 spiro atoms. The van der Waals surface area contributed by atoms with Gasteiger partial charge in [0.1, 0.15) is 41.2 Å². The first-order chi connectivity index (χ1) is 21.7. The number of aromatic nitrogens is 2. The number of benzene rings is 3. The van der Waals surface area contributed by atoms with Gasteiger partial charge in [0.25, 0.3) is 0 Å². The number of nitrogens with zero attached hydrogens (tertiary/aromatic N) is 2. The number of nitrogens with one attached hydrogen (secondary N) is 1. The fourth-order valence-corrected chi connectivity index (χ4v) is 5.66. The topological polar surface area (TPSA) is 130 Å². The van der Waals surface area contributed by atoms with Crippen molar-refractivity contribution >= 4 is 11.7 Å². The lowest BCUT2D eigenvalue weighted by atomic mass is 9.80. The number of aliphatic hydroxyl groups is 1. The van der Waals surface area contributed by atoms with Crippen LogP contribution in [-0.2, 0) is 24.6 Å². The molecule has 4 atom stereocenters. The number of hydrogen-bond acceptors (Lipinski definition) is 9. The first kappa shape index (κ1) is 31.9. The molecule has 1 saturated heterocycles. The lowest BCUT2D eigenvalue weighted by molar-refractivity contribution is -0.114. The molecule has 45 heavy (non-hydrogen) atoms. The van der Waals surface area contributed by atoms with Gasteiger partial charge in [-0.1, -0.05) is 54.6 Å². The van der Waals surface area contributed by atoms with Crippen molar-refractivity contribution < 1.29 is 33.6 Å². The van der Waals surface area contributed by atoms with Crippen molar-refractivity contribution in [3.05, 3.63) is 118 Å². The Morgan fingerprint density at radius 3 is 2.00 bits per heavy atom. The van der Waals surface area contributed by atoms with Crippen LogP contribution in [0, 0.1) is 6.92 Å². The molecule has 0 unspecified atom stereocenters. The van der Waals surface area contributed by atoms with E-state index in [1.54, 1.807) is 21.1 Å². The number of rotatable bonds is 11. The Kier molecular flexibility index (Phi) is 9.64. The van der Waals surface area contributed by atoms with Crippen LogP contribution in [0.1, 0.15) is 35.4 Å². The highest BCUT2D eigenvalue weighted by molar-refractivity contribution is 5.88. The fourth-order valence-electron chi connectivity index (χ4n) is 5.66. The molecule has 0 aliphatic carbocycles. The van der Waals surface area contributed by atoms with Crippen LogP contribution in [0.15, 0.2) is 89.9 Å². The Morgan fingerprint density at radius 2 is 1.49 bits per heavy atom. The molecule has 11 nitrogen and oxygen atoms in total. The van der Waals surface area contributed by atoms with Crippen LogP contribution in [0.4, 0.5) is 5.82 Å². The molecule has 2 N–H and O–H groups in total. The number of ether oxygens (including phenoxy) is 5. The van der Waals surface area contributed by atoms with Crippen LogP contribution < -0.4 is 20.5 Å². The summed E-state index contributed by atoms with van der Waals surface area (Å²) in [4.78, 5) is 28.6. The maximum absolute atomic E-state index is 13.0. The number of anilines is 1. The van der Waals surface area contributed by atoms with Crippen molar-refractivity contribution in [2.75, 3.05) is 33.3 Å². The molecule has 1 aliphatic heterocycles. The van der Waals surface area contributed by atoms with Gasteiger partial charge in [-0.25, -0.2) is 4.79 Å². The summed E-state index contributed by atoms with van der Waals surface area (Å²) in [5, 5.41) is 14.0. The van der Waals surface area contributed by atoms with E-state index in [0.29, 0.717) is 17.1 Å². The summed E-state index contributed by atoms with van der Waals surface area (Å²) in [6, 6.07) is 25.0. The van der Waals surface area contributed by atoms with Gasteiger partial charge in [-0.3, -0.25) is 9.36 Å². The molecule has 3 aromatic carbocycles. The van der Waals surface area contributed by atoms with Crippen LogP contribution in [-0.4, -0.2) is 66.8 Å². The van der Waals surface area contributed by atoms with E-state index < -0.39 is 35.8 Å². The lowest BCUT2D eigenvalue weighted by Crippen LogP contribution is -2.40. The van der Waals surface area contributed by atoms with E-state index >= 15 is 0 Å². The van der Waals surface area contributed by atoms with Gasteiger partial charge >= 0.3 is 5.69 Å². The Hall–Kier alpha value is -4.55. The van der Waals surface area contributed by atoms with Crippen LogP contribution in [0.5, 0.6) is 11.5 Å². The summed E-state index contributed by atoms with van der Waals surface area (Å²) < 4.78 is 30.9. The highest BCUT2D eigenvalue weighted by Crippen LogP contribution is 2.43. The first-order valence-electron chi connectivity index (χ1n) is 14.4. The Labute approximate surface area is 261 Å². The second kappa shape index (κ2) is 13.6. The van der Waals surface area contributed by atoms with E-state index in [0.717, 1.165) is 16.7 Å². The summed E-state index contributed by atoms with van der Waals surface area (Å²) in [6.45, 7) is 2.97. The molecule has 236 valence electrons. The number of carbonyl (C=O) groups is 1. The predicted molar refractivity (Wildman–Crippen MR) is 167 cm³/mol. The standard InChI is InChI=1S/C34H37N3O8/c1-21-19-37(33(40)36-31(21)35-22(2)38)32-30(43-5)29(39)28(45-32)20-44-34(23-9-7-6-8-10-23,24-11-15-26(41-3)16-12-24)25-13-17-27(42-4)18-14-25/h6-19,28-30,32,39H,20H2,1-5H3,(H,35,36,38,40)/t28-,29-,30-,32-/m1/s1. The highest BCUT2D eigenvalue weighted by Gasteiger charge is 2.48. The zero-order valence-corrected chi connectivity index (χ0v) is 25.8. The van der Waals surface area contributed by atoms with Gasteiger partial charge in [-0.05, 0) is 47.9 Å². The highest BCUT2D eigenvalue weighted by atomic mass is 16.6. The molecule has 1 fully saturated rings. The first-order valence-corrected chi connectivity index (χ1v) is 14.4. The Morgan fingerprint density at radius 1 is 0.933 bits per heavy atom. The zero-order chi connectivity index (χ0) is 32.1. The predicted octanol–water partition coefficient (Wildman–Crippen LogP) is 3.81. The molecular weight excluding hydrogens is 578 g/mol. The third-order valence-electron chi connectivity index (χ3n) is 7.93. The molecule has 4 aromatic rings. The fraction of sp³-hybridized carbons (Fsp3) is 0.324. The maximum atomic E-state index is 13.0. The minimum Gasteiger partial charge on any atom is -0.497 e. The molecule has 1 aliphatic rings. The molecular formula is C34H37N3O8. The van der Waals surface area contributed by atoms with Crippen molar-refractivity contribution in [1.82, 2.24) is 9.55 Å². The van der Waals surface area contributed by atoms with E-state index in [4.69, 9.17) is 23.7 Å². The summed E-state index contributed by atoms with van der Waals surface area (Å²) >= 11 is 0. The summed E-state index contributed by atoms with van der Waals surface area (Å²) in [7, 11) is 4.65. The van der Waals surface area contributed by atoms with E-state index in [1.807, 2.05) is 78.9 Å². The summed E-state index contributed by atoms with van der Waals surface area (Å²) in [5.74, 6) is 1.19. The van der Waals surface area contributed by atoms with Gasteiger partial charge in [-0.2, -0.15) is 4.98 Å². The van der Waals surface area contributed by atoms with Crippen LogP contribution in [0.2, 0.25) is 0 Å². The quantitative estimate of drug-likeness (QED) is 0.242. The molecule has 2 heterocycles. The molecule has 1 aromatic heterocycles. The van der Waals surface area contributed by atoms with E-state index in [-0.39, 0.29) is 18.3 Å². The number of amides is 1. The van der Waals surface area contributed by atoms with Gasteiger partial charge in [0, 0.05) is 25.8 Å². The third kappa shape index (κ3) is 6.34. The van der Waals surface area contributed by atoms with Crippen LogP contribution in [0.3, 0.4) is 0 Å². The molecule has 1 amide bonds. The number of hydrogen-bond donors (Lipinski definition) is 2.